The van der Waals surface area contributed by atoms with E-state index >= 15 is 0 Å². The number of anilines is 1. The molecule has 1 amide bonds. The number of rotatable bonds is 6. The Labute approximate surface area is 132 Å². The molecule has 7 heteroatoms. The Morgan fingerprint density at radius 3 is 2.86 bits per heavy atom. The molecule has 0 spiro atoms. The van der Waals surface area contributed by atoms with Crippen molar-refractivity contribution in [3.63, 3.8) is 0 Å². The van der Waals surface area contributed by atoms with Gasteiger partial charge in [-0.05, 0) is 25.3 Å². The summed E-state index contributed by atoms with van der Waals surface area (Å²) in [6.45, 7) is 6.93. The number of nitrogens with zero attached hydrogens (tertiary/aromatic N) is 3. The van der Waals surface area contributed by atoms with E-state index in [1.165, 1.54) is 0 Å². The number of nitrogen functional groups attached to an aromatic ring is 1. The predicted octanol–water partition coefficient (Wildman–Crippen LogP) is 0.0292. The van der Waals surface area contributed by atoms with Gasteiger partial charge in [-0.1, -0.05) is 13.8 Å². The quantitative estimate of drug-likeness (QED) is 0.688. The number of aromatic nitrogens is 2. The summed E-state index contributed by atoms with van der Waals surface area (Å²) in [5.74, 6) is 0.431. The molecule has 1 fully saturated rings. The molecule has 22 heavy (non-hydrogen) atoms. The lowest BCUT2D eigenvalue weighted by atomic mass is 9.87. The summed E-state index contributed by atoms with van der Waals surface area (Å²) < 4.78 is 1.86. The molecule has 2 rings (SSSR count). The number of amides is 1. The van der Waals surface area contributed by atoms with E-state index in [0.717, 1.165) is 26.1 Å². The van der Waals surface area contributed by atoms with E-state index in [9.17, 15) is 4.79 Å². The Morgan fingerprint density at radius 2 is 2.32 bits per heavy atom. The van der Waals surface area contributed by atoms with E-state index in [-0.39, 0.29) is 17.4 Å². The molecule has 0 bridgehead atoms. The molecule has 2 atom stereocenters. The third-order valence-electron chi connectivity index (χ3n) is 4.43. The van der Waals surface area contributed by atoms with Crippen molar-refractivity contribution in [2.75, 3.05) is 25.9 Å². The van der Waals surface area contributed by atoms with Crippen LogP contribution in [0.15, 0.2) is 12.4 Å². The van der Waals surface area contributed by atoms with Crippen LogP contribution in [0.5, 0.6) is 0 Å². The number of nitrogens with two attached hydrogens (primary N) is 2. The van der Waals surface area contributed by atoms with Crippen molar-refractivity contribution < 1.29 is 4.79 Å². The van der Waals surface area contributed by atoms with Gasteiger partial charge >= 0.3 is 0 Å². The predicted molar refractivity (Wildman–Crippen MR) is 87.1 cm³/mol. The highest BCUT2D eigenvalue weighted by Gasteiger charge is 2.38. The van der Waals surface area contributed by atoms with Crippen molar-refractivity contribution in [2.24, 2.45) is 11.1 Å². The van der Waals surface area contributed by atoms with Gasteiger partial charge in [0.25, 0.3) is 0 Å². The van der Waals surface area contributed by atoms with Crippen LogP contribution in [0.4, 0.5) is 5.95 Å². The Hall–Kier alpha value is -1.60. The Bertz CT molecular complexity index is 512. The standard InChI is InChI=1S/C15H28N6O/c1-15(2)10-20(3)9-12(15)19-13(22)11(16)5-4-7-21-8-6-18-14(21)17/h6,8,11-12H,4-5,7,9-10,16H2,1-3H3,(H2,17,18)(H,19,22)/t11-,12-/m0/s1. The number of hydrogen-bond donors (Lipinski definition) is 3. The maximum Gasteiger partial charge on any atom is 0.237 e. The van der Waals surface area contributed by atoms with Gasteiger partial charge in [-0.2, -0.15) is 0 Å². The first-order valence-corrected chi connectivity index (χ1v) is 7.81. The van der Waals surface area contributed by atoms with Gasteiger partial charge in [0.1, 0.15) is 0 Å². The first-order valence-electron chi connectivity index (χ1n) is 7.81. The number of hydrogen-bond acceptors (Lipinski definition) is 5. The molecule has 0 saturated carbocycles. The van der Waals surface area contributed by atoms with Crippen LogP contribution in [0.2, 0.25) is 0 Å². The van der Waals surface area contributed by atoms with Gasteiger partial charge < -0.3 is 26.3 Å². The van der Waals surface area contributed by atoms with Gasteiger partial charge in [0.2, 0.25) is 5.91 Å². The van der Waals surface area contributed by atoms with Crippen LogP contribution in [0.25, 0.3) is 0 Å². The lowest BCUT2D eigenvalue weighted by molar-refractivity contribution is -0.123. The number of aryl methyl sites for hydroxylation is 1. The third kappa shape index (κ3) is 3.98. The minimum absolute atomic E-state index is 0.0630. The number of carbonyl (C=O) groups excluding carboxylic acids is 1. The van der Waals surface area contributed by atoms with Gasteiger partial charge in [0.05, 0.1) is 6.04 Å². The van der Waals surface area contributed by atoms with Crippen LogP contribution in [-0.2, 0) is 11.3 Å². The lowest BCUT2D eigenvalue weighted by Gasteiger charge is -2.27. The fraction of sp³-hybridized carbons (Fsp3) is 0.733. The molecular formula is C15H28N6O. The summed E-state index contributed by atoms with van der Waals surface area (Å²) in [6.07, 6.45) is 4.92. The van der Waals surface area contributed by atoms with Gasteiger partial charge in [-0.15, -0.1) is 0 Å². The van der Waals surface area contributed by atoms with E-state index in [1.807, 2.05) is 10.8 Å². The highest BCUT2D eigenvalue weighted by Crippen LogP contribution is 2.28. The molecule has 124 valence electrons. The number of nitrogens with one attached hydrogen (secondary N) is 1. The van der Waals surface area contributed by atoms with Crippen LogP contribution in [-0.4, -0.2) is 52.6 Å². The summed E-state index contributed by atoms with van der Waals surface area (Å²) in [7, 11) is 2.07. The Kier molecular flexibility index (Phi) is 5.08. The highest BCUT2D eigenvalue weighted by atomic mass is 16.2. The van der Waals surface area contributed by atoms with Crippen molar-refractivity contribution in [1.82, 2.24) is 19.8 Å². The first-order chi connectivity index (χ1) is 10.3. The number of imidazole rings is 1. The molecule has 0 unspecified atom stereocenters. The highest BCUT2D eigenvalue weighted by molar-refractivity contribution is 5.81. The zero-order valence-corrected chi connectivity index (χ0v) is 13.7. The number of likely N-dealkylation sites (tertiary alicyclic amines) is 1. The molecule has 1 aromatic rings. The average molecular weight is 308 g/mol. The first kappa shape index (κ1) is 16.8. The van der Waals surface area contributed by atoms with Crippen LogP contribution >= 0.6 is 0 Å². The van der Waals surface area contributed by atoms with Crippen molar-refractivity contribution in [3.8, 4) is 0 Å². The van der Waals surface area contributed by atoms with Crippen molar-refractivity contribution >= 4 is 11.9 Å². The minimum Gasteiger partial charge on any atom is -0.369 e. The molecule has 1 aliphatic rings. The summed E-state index contributed by atoms with van der Waals surface area (Å²) in [4.78, 5) is 18.5. The number of carbonyl (C=O) groups is 1. The largest absolute Gasteiger partial charge is 0.369 e. The maximum atomic E-state index is 12.3. The topological polar surface area (TPSA) is 102 Å². The maximum absolute atomic E-state index is 12.3. The third-order valence-corrected chi connectivity index (χ3v) is 4.43. The molecule has 0 radical (unpaired) electrons. The van der Waals surface area contributed by atoms with E-state index in [0.29, 0.717) is 12.4 Å². The number of likely N-dealkylation sites (N-methyl/N-ethyl adjacent to an activating group) is 1. The smallest absolute Gasteiger partial charge is 0.237 e. The average Bonchev–Trinajstić information content (AvgIpc) is 2.93. The fourth-order valence-corrected chi connectivity index (χ4v) is 3.09. The molecule has 1 aliphatic heterocycles. The van der Waals surface area contributed by atoms with E-state index in [4.69, 9.17) is 11.5 Å². The van der Waals surface area contributed by atoms with Crippen LogP contribution in [0.1, 0.15) is 26.7 Å². The van der Waals surface area contributed by atoms with Crippen molar-refractivity contribution in [2.45, 2.75) is 45.3 Å². The monoisotopic (exact) mass is 308 g/mol. The van der Waals surface area contributed by atoms with Crippen LogP contribution in [0, 0.1) is 5.41 Å². The second-order valence-corrected chi connectivity index (χ2v) is 6.97. The van der Waals surface area contributed by atoms with Crippen LogP contribution in [0.3, 0.4) is 0 Å². The van der Waals surface area contributed by atoms with E-state index < -0.39 is 6.04 Å². The van der Waals surface area contributed by atoms with Gasteiger partial charge in [0.15, 0.2) is 5.95 Å². The molecule has 7 nitrogen and oxygen atoms in total. The SMILES string of the molecule is CN1C[C@H](NC(=O)[C@@H](N)CCCn2ccnc2N)C(C)(C)C1. The summed E-state index contributed by atoms with van der Waals surface area (Å²) >= 11 is 0. The molecule has 2 heterocycles. The zero-order valence-electron chi connectivity index (χ0n) is 13.7. The Morgan fingerprint density at radius 1 is 1.59 bits per heavy atom. The molecule has 0 aliphatic carbocycles. The molecule has 5 N–H and O–H groups in total. The lowest BCUT2D eigenvalue weighted by Crippen LogP contribution is -2.50. The van der Waals surface area contributed by atoms with Gasteiger partial charge in [-0.3, -0.25) is 4.79 Å². The zero-order chi connectivity index (χ0) is 16.3. The van der Waals surface area contributed by atoms with Crippen LogP contribution < -0.4 is 16.8 Å². The molecule has 0 aromatic carbocycles. The van der Waals surface area contributed by atoms with Gasteiger partial charge in [0, 0.05) is 38.1 Å². The molecular weight excluding hydrogens is 280 g/mol. The van der Waals surface area contributed by atoms with E-state index in [1.54, 1.807) is 6.20 Å². The molecule has 1 aromatic heterocycles. The summed E-state index contributed by atoms with van der Waals surface area (Å²) in [6, 6.07) is -0.327. The molecule has 1 saturated heterocycles. The summed E-state index contributed by atoms with van der Waals surface area (Å²) in [5, 5.41) is 3.10. The fourth-order valence-electron chi connectivity index (χ4n) is 3.09. The van der Waals surface area contributed by atoms with Crippen molar-refractivity contribution in [1.29, 1.82) is 0 Å². The van der Waals surface area contributed by atoms with Gasteiger partial charge in [-0.25, -0.2) is 4.98 Å². The Balaban J connectivity index is 1.76. The van der Waals surface area contributed by atoms with Crippen molar-refractivity contribution in [3.05, 3.63) is 12.4 Å². The normalized spacial score (nSPS) is 22.6. The summed E-state index contributed by atoms with van der Waals surface area (Å²) in [5.41, 5.74) is 11.8. The second-order valence-electron chi connectivity index (χ2n) is 6.97. The second kappa shape index (κ2) is 6.66. The van der Waals surface area contributed by atoms with E-state index in [2.05, 4.69) is 36.1 Å². The minimum atomic E-state index is -0.480.